The molecule has 0 saturated carbocycles. The molecule has 0 radical (unpaired) electrons. The lowest BCUT2D eigenvalue weighted by Gasteiger charge is -2.34. The van der Waals surface area contributed by atoms with Crippen LogP contribution in [0.15, 0.2) is 29.3 Å². The Morgan fingerprint density at radius 3 is 2.44 bits per heavy atom. The highest BCUT2D eigenvalue weighted by Gasteiger charge is 2.26. The van der Waals surface area contributed by atoms with Crippen molar-refractivity contribution in [1.29, 1.82) is 5.26 Å². The number of aliphatic imine (C=N–C) groups is 1. The van der Waals surface area contributed by atoms with Gasteiger partial charge in [-0.3, -0.25) is 5.32 Å². The summed E-state index contributed by atoms with van der Waals surface area (Å²) in [5, 5.41) is 15.3. The number of carbonyl (C=O) groups excluding carboxylic acids is 1. The quantitative estimate of drug-likeness (QED) is 0.352. The first-order chi connectivity index (χ1) is 12.8. The molecule has 0 spiro atoms. The van der Waals surface area contributed by atoms with Gasteiger partial charge in [-0.1, -0.05) is 11.8 Å². The second-order valence-electron chi connectivity index (χ2n) is 7.29. The van der Waals surface area contributed by atoms with E-state index in [-0.39, 0.29) is 6.09 Å². The molecule has 7 nitrogen and oxygen atoms in total. The maximum atomic E-state index is 12.1. The zero-order valence-corrected chi connectivity index (χ0v) is 17.1. The van der Waals surface area contributed by atoms with Crippen LogP contribution < -0.4 is 10.6 Å². The minimum Gasteiger partial charge on any atom is -0.444 e. The van der Waals surface area contributed by atoms with Crippen LogP contribution in [0, 0.1) is 11.5 Å². The fourth-order valence-electron chi connectivity index (χ4n) is 2.69. The Hall–Kier alpha value is -2.40. The van der Waals surface area contributed by atoms with Gasteiger partial charge in [-0.2, -0.15) is 5.26 Å². The van der Waals surface area contributed by atoms with Crippen molar-refractivity contribution in [2.45, 2.75) is 45.3 Å². The van der Waals surface area contributed by atoms with Gasteiger partial charge in [-0.15, -0.1) is 0 Å². The number of benzene rings is 1. The van der Waals surface area contributed by atoms with Gasteiger partial charge in [0.05, 0.1) is 5.69 Å². The van der Waals surface area contributed by atoms with E-state index in [1.54, 1.807) is 4.90 Å². The number of hydrogen-bond donors (Lipinski definition) is 2. The molecule has 1 aliphatic rings. The Balaban J connectivity index is 1.85. The predicted octanol–water partition coefficient (Wildman–Crippen LogP) is 3.92. The van der Waals surface area contributed by atoms with Crippen LogP contribution in [0.4, 0.5) is 16.2 Å². The maximum Gasteiger partial charge on any atom is 0.410 e. The Morgan fingerprint density at radius 1 is 1.30 bits per heavy atom. The highest BCUT2D eigenvalue weighted by Crippen LogP contribution is 2.22. The smallest absolute Gasteiger partial charge is 0.410 e. The predicted molar refractivity (Wildman–Crippen MR) is 110 cm³/mol. The van der Waals surface area contributed by atoms with Crippen molar-refractivity contribution in [2.75, 3.05) is 24.7 Å². The minimum absolute atomic E-state index is 0.237. The van der Waals surface area contributed by atoms with Crippen LogP contribution in [0.25, 0.3) is 0 Å². The third-order valence-corrected chi connectivity index (χ3v) is 4.55. The molecule has 1 fully saturated rings. The lowest BCUT2D eigenvalue weighted by atomic mass is 10.0. The van der Waals surface area contributed by atoms with Crippen molar-refractivity contribution in [3.05, 3.63) is 24.3 Å². The van der Waals surface area contributed by atoms with Crippen LogP contribution in [0.3, 0.4) is 0 Å². The van der Waals surface area contributed by atoms with Gasteiger partial charge in [-0.25, -0.2) is 9.79 Å². The van der Waals surface area contributed by atoms with Crippen LogP contribution in [0.2, 0.25) is 0 Å². The monoisotopic (exact) mass is 389 g/mol. The van der Waals surface area contributed by atoms with Gasteiger partial charge in [-0.05, 0) is 64.1 Å². The molecule has 8 heteroatoms. The van der Waals surface area contributed by atoms with E-state index >= 15 is 0 Å². The molecule has 0 unspecified atom stereocenters. The summed E-state index contributed by atoms with van der Waals surface area (Å²) >= 11 is 1.39. The van der Waals surface area contributed by atoms with Gasteiger partial charge in [0.25, 0.3) is 0 Å². The van der Waals surface area contributed by atoms with Gasteiger partial charge >= 0.3 is 6.09 Å². The summed E-state index contributed by atoms with van der Waals surface area (Å²) in [5.41, 5.74) is 1.34. The number of rotatable bonds is 3. The van der Waals surface area contributed by atoms with Crippen LogP contribution >= 0.6 is 11.8 Å². The number of nitriles is 1. The van der Waals surface area contributed by atoms with Crippen molar-refractivity contribution in [2.24, 2.45) is 4.99 Å². The number of piperidine rings is 1. The minimum atomic E-state index is -0.463. The van der Waals surface area contributed by atoms with E-state index < -0.39 is 5.60 Å². The number of amidine groups is 1. The second-order valence-corrected chi connectivity index (χ2v) is 8.09. The zero-order chi connectivity index (χ0) is 19.9. The van der Waals surface area contributed by atoms with Crippen LogP contribution in [0.5, 0.6) is 0 Å². The molecule has 1 saturated heterocycles. The molecule has 1 heterocycles. The van der Waals surface area contributed by atoms with E-state index in [1.165, 1.54) is 11.8 Å². The molecule has 0 aromatic heterocycles. The first-order valence-corrected chi connectivity index (χ1v) is 10.2. The number of ether oxygens (including phenoxy) is 1. The summed E-state index contributed by atoms with van der Waals surface area (Å²) in [6.07, 6.45) is 5.26. The van der Waals surface area contributed by atoms with Crippen LogP contribution in [-0.2, 0) is 4.74 Å². The molecular weight excluding hydrogens is 362 g/mol. The SMILES string of the molecule is CSC(=Nc1ccc(NC2CCN(C(=O)OC(C)(C)C)CC2)cc1)NC#N. The molecule has 0 bridgehead atoms. The normalized spacial score (nSPS) is 15.8. The number of hydrogen-bond acceptors (Lipinski definition) is 6. The third kappa shape index (κ3) is 7.02. The van der Waals surface area contributed by atoms with E-state index in [4.69, 9.17) is 10.00 Å². The summed E-state index contributed by atoms with van der Waals surface area (Å²) in [6.45, 7) is 7.01. The highest BCUT2D eigenvalue weighted by atomic mass is 32.2. The maximum absolute atomic E-state index is 12.1. The summed E-state index contributed by atoms with van der Waals surface area (Å²) < 4.78 is 5.43. The number of likely N-dealkylation sites (tertiary alicyclic amines) is 1. The molecule has 27 heavy (non-hydrogen) atoms. The summed E-state index contributed by atoms with van der Waals surface area (Å²) in [6, 6.07) is 8.09. The Bertz CT molecular complexity index is 698. The number of anilines is 1. The van der Waals surface area contributed by atoms with E-state index in [2.05, 4.69) is 15.6 Å². The fourth-order valence-corrected chi connectivity index (χ4v) is 3.03. The molecule has 2 rings (SSSR count). The molecule has 2 N–H and O–H groups in total. The molecule has 0 atom stereocenters. The zero-order valence-electron chi connectivity index (χ0n) is 16.3. The van der Waals surface area contributed by atoms with Crippen molar-refractivity contribution in [3.8, 4) is 6.19 Å². The Kier molecular flexibility index (Phi) is 7.36. The third-order valence-electron chi connectivity index (χ3n) is 3.97. The first kappa shape index (κ1) is 20.9. The molecule has 1 aliphatic heterocycles. The van der Waals surface area contributed by atoms with Gasteiger partial charge in [0, 0.05) is 24.8 Å². The van der Waals surface area contributed by atoms with E-state index in [1.807, 2.05) is 57.5 Å². The van der Waals surface area contributed by atoms with Crippen molar-refractivity contribution < 1.29 is 9.53 Å². The molecule has 1 aromatic carbocycles. The number of thioether (sulfide) groups is 1. The van der Waals surface area contributed by atoms with Crippen molar-refractivity contribution >= 4 is 34.4 Å². The molecular formula is C19H27N5O2S. The topological polar surface area (TPSA) is 89.8 Å². The fraction of sp³-hybridized carbons (Fsp3) is 0.526. The number of carbonyl (C=O) groups is 1. The Morgan fingerprint density at radius 2 is 1.93 bits per heavy atom. The molecule has 146 valence electrons. The van der Waals surface area contributed by atoms with Gasteiger partial charge in [0.1, 0.15) is 5.60 Å². The molecule has 1 aromatic rings. The van der Waals surface area contributed by atoms with E-state index in [0.29, 0.717) is 24.3 Å². The molecule has 1 amide bonds. The second kappa shape index (κ2) is 9.51. The number of amides is 1. The molecule has 0 aliphatic carbocycles. The number of nitrogens with one attached hydrogen (secondary N) is 2. The van der Waals surface area contributed by atoms with E-state index in [9.17, 15) is 4.79 Å². The van der Waals surface area contributed by atoms with Gasteiger partial charge < -0.3 is 15.0 Å². The van der Waals surface area contributed by atoms with Crippen molar-refractivity contribution in [1.82, 2.24) is 10.2 Å². The van der Waals surface area contributed by atoms with Gasteiger partial charge in [0.15, 0.2) is 11.4 Å². The van der Waals surface area contributed by atoms with Crippen molar-refractivity contribution in [3.63, 3.8) is 0 Å². The summed E-state index contributed by atoms with van der Waals surface area (Å²) in [5.74, 6) is 0. The Labute approximate surface area is 165 Å². The summed E-state index contributed by atoms with van der Waals surface area (Å²) in [4.78, 5) is 18.3. The average molecular weight is 390 g/mol. The first-order valence-electron chi connectivity index (χ1n) is 8.93. The van der Waals surface area contributed by atoms with Gasteiger partial charge in [0.2, 0.25) is 0 Å². The lowest BCUT2D eigenvalue weighted by molar-refractivity contribution is 0.0210. The van der Waals surface area contributed by atoms with E-state index in [0.717, 1.165) is 24.2 Å². The summed E-state index contributed by atoms with van der Waals surface area (Å²) in [7, 11) is 0. The van der Waals surface area contributed by atoms with Crippen LogP contribution in [0.1, 0.15) is 33.6 Å². The lowest BCUT2D eigenvalue weighted by Crippen LogP contribution is -2.44. The average Bonchev–Trinajstić information content (AvgIpc) is 2.62. The number of nitrogens with zero attached hydrogens (tertiary/aromatic N) is 3. The largest absolute Gasteiger partial charge is 0.444 e. The standard InChI is InChI=1S/C19H27N5O2S/c1-19(2,3)26-18(25)24-11-9-16(10-12-24)22-14-5-7-15(8-6-14)23-17(27-4)21-13-20/h5-8,16,22H,9-12H2,1-4H3,(H,21,23). The van der Waals surface area contributed by atoms with Crippen LogP contribution in [-0.4, -0.2) is 47.1 Å². The highest BCUT2D eigenvalue weighted by molar-refractivity contribution is 8.13.